The minimum absolute atomic E-state index is 0.171. The molecule has 1 saturated carbocycles. The van der Waals surface area contributed by atoms with E-state index in [1.807, 2.05) is 12.1 Å². The van der Waals surface area contributed by atoms with Crippen molar-refractivity contribution in [3.8, 4) is 0 Å². The highest BCUT2D eigenvalue weighted by Gasteiger charge is 2.63. The molecule has 4 amide bonds. The number of primary amides is 1. The van der Waals surface area contributed by atoms with Crippen LogP contribution in [0.2, 0.25) is 0 Å². The highest BCUT2D eigenvalue weighted by molar-refractivity contribution is 6.31. The lowest BCUT2D eigenvalue weighted by molar-refractivity contribution is -0.136. The minimum Gasteiger partial charge on any atom is -0.379 e. The summed E-state index contributed by atoms with van der Waals surface area (Å²) < 4.78 is 5.45. The molecule has 3 saturated heterocycles. The molecule has 5 rings (SSSR count). The molecule has 8 heteroatoms. The molecule has 3 aliphatic heterocycles. The average Bonchev–Trinajstić information content (AvgIpc) is 3.28. The Kier molecular flexibility index (Phi) is 5.01. The standard InChI is InChI=1S/C23H30N4O4/c24-19(28)23-9-2-11-26(23)21(30)27(20(23)29)18-5-3-17(4-6-18)22(7-1-8-22)10-12-25-13-15-31-16-14-25/h3-6H,1-2,7-16H2,(H2,24,28)/t23-/m0/s1. The zero-order chi connectivity index (χ0) is 21.6. The molecular formula is C23H30N4O4. The number of ether oxygens (including phenoxy) is 1. The monoisotopic (exact) mass is 426 g/mol. The quantitative estimate of drug-likeness (QED) is 0.551. The topological polar surface area (TPSA) is 96.2 Å². The Balaban J connectivity index is 1.34. The Labute approximate surface area is 182 Å². The smallest absolute Gasteiger partial charge is 0.332 e. The van der Waals surface area contributed by atoms with E-state index >= 15 is 0 Å². The fourth-order valence-corrected chi connectivity index (χ4v) is 5.73. The van der Waals surface area contributed by atoms with Crippen LogP contribution in [0.4, 0.5) is 10.5 Å². The van der Waals surface area contributed by atoms with Crippen LogP contribution in [0.5, 0.6) is 0 Å². The number of imide groups is 1. The second kappa shape index (κ2) is 7.60. The number of amides is 4. The number of rotatable bonds is 6. The summed E-state index contributed by atoms with van der Waals surface area (Å²) in [6.45, 7) is 5.04. The van der Waals surface area contributed by atoms with Crippen molar-refractivity contribution in [1.29, 1.82) is 0 Å². The molecule has 1 aromatic carbocycles. The van der Waals surface area contributed by atoms with Crippen LogP contribution < -0.4 is 10.6 Å². The molecular weight excluding hydrogens is 396 g/mol. The van der Waals surface area contributed by atoms with Crippen LogP contribution >= 0.6 is 0 Å². The van der Waals surface area contributed by atoms with Gasteiger partial charge in [-0.3, -0.25) is 14.5 Å². The number of fused-ring (bicyclic) bond motifs is 1. The number of benzene rings is 1. The van der Waals surface area contributed by atoms with Crippen LogP contribution in [0.3, 0.4) is 0 Å². The maximum Gasteiger partial charge on any atom is 0.332 e. The molecule has 2 N–H and O–H groups in total. The van der Waals surface area contributed by atoms with Gasteiger partial charge in [0.05, 0.1) is 18.9 Å². The van der Waals surface area contributed by atoms with E-state index in [9.17, 15) is 14.4 Å². The predicted octanol–water partition coefficient (Wildman–Crippen LogP) is 1.62. The number of carbonyl (C=O) groups is 3. The lowest BCUT2D eigenvalue weighted by Crippen LogP contribution is -2.55. The summed E-state index contributed by atoms with van der Waals surface area (Å²) >= 11 is 0. The van der Waals surface area contributed by atoms with Crippen molar-refractivity contribution in [1.82, 2.24) is 9.80 Å². The summed E-state index contributed by atoms with van der Waals surface area (Å²) in [4.78, 5) is 43.2. The molecule has 4 fully saturated rings. The van der Waals surface area contributed by atoms with Gasteiger partial charge in [-0.1, -0.05) is 18.6 Å². The van der Waals surface area contributed by atoms with Gasteiger partial charge < -0.3 is 15.4 Å². The van der Waals surface area contributed by atoms with Crippen molar-refractivity contribution >= 4 is 23.5 Å². The third kappa shape index (κ3) is 3.07. The van der Waals surface area contributed by atoms with E-state index in [0.717, 1.165) is 57.0 Å². The van der Waals surface area contributed by atoms with Crippen LogP contribution in [0, 0.1) is 0 Å². The normalized spacial score (nSPS) is 28.0. The molecule has 31 heavy (non-hydrogen) atoms. The number of hydrogen-bond acceptors (Lipinski definition) is 5. The summed E-state index contributed by atoms with van der Waals surface area (Å²) in [7, 11) is 0. The number of urea groups is 1. The van der Waals surface area contributed by atoms with Gasteiger partial charge in [0.15, 0.2) is 0 Å². The molecule has 3 heterocycles. The SMILES string of the molecule is NC(=O)[C@]12CCCN1C(=O)N(c1ccc(C3(CCN4CCOCC4)CCC3)cc1)C2=O. The molecule has 0 bridgehead atoms. The second-order valence-electron chi connectivity index (χ2n) is 9.29. The molecule has 8 nitrogen and oxygen atoms in total. The highest BCUT2D eigenvalue weighted by atomic mass is 16.5. The van der Waals surface area contributed by atoms with Crippen molar-refractivity contribution in [2.45, 2.75) is 49.5 Å². The van der Waals surface area contributed by atoms with E-state index in [0.29, 0.717) is 25.1 Å². The van der Waals surface area contributed by atoms with Crippen molar-refractivity contribution < 1.29 is 19.1 Å². The van der Waals surface area contributed by atoms with Gasteiger partial charge in [-0.05, 0) is 61.8 Å². The summed E-state index contributed by atoms with van der Waals surface area (Å²) in [5.41, 5.74) is 6.01. The van der Waals surface area contributed by atoms with E-state index in [4.69, 9.17) is 10.5 Å². The zero-order valence-corrected chi connectivity index (χ0v) is 17.8. The van der Waals surface area contributed by atoms with Gasteiger partial charge in [0, 0.05) is 19.6 Å². The Hall–Kier alpha value is -2.45. The van der Waals surface area contributed by atoms with Gasteiger partial charge in [0.2, 0.25) is 5.54 Å². The van der Waals surface area contributed by atoms with E-state index in [-0.39, 0.29) is 5.41 Å². The van der Waals surface area contributed by atoms with Gasteiger partial charge in [0.1, 0.15) is 0 Å². The molecule has 1 aliphatic carbocycles. The van der Waals surface area contributed by atoms with Crippen LogP contribution in [0.25, 0.3) is 0 Å². The third-order valence-electron chi connectivity index (χ3n) is 7.83. The Morgan fingerprint density at radius 3 is 2.29 bits per heavy atom. The maximum atomic E-state index is 13.1. The summed E-state index contributed by atoms with van der Waals surface area (Å²) in [5.74, 6) is -1.25. The molecule has 0 unspecified atom stereocenters. The van der Waals surface area contributed by atoms with Crippen molar-refractivity contribution in [3.05, 3.63) is 29.8 Å². The summed E-state index contributed by atoms with van der Waals surface area (Å²) in [6, 6.07) is 7.34. The van der Waals surface area contributed by atoms with Gasteiger partial charge in [-0.25, -0.2) is 9.69 Å². The summed E-state index contributed by atoms with van der Waals surface area (Å²) in [6.07, 6.45) is 5.56. The number of morpholine rings is 1. The number of hydrogen-bond donors (Lipinski definition) is 1. The van der Waals surface area contributed by atoms with Crippen LogP contribution in [0.1, 0.15) is 44.1 Å². The molecule has 0 spiro atoms. The third-order valence-corrected chi connectivity index (χ3v) is 7.83. The molecule has 0 aromatic heterocycles. The molecule has 1 atom stereocenters. The molecule has 4 aliphatic rings. The van der Waals surface area contributed by atoms with Crippen molar-refractivity contribution in [2.24, 2.45) is 5.73 Å². The van der Waals surface area contributed by atoms with Gasteiger partial charge in [0.25, 0.3) is 11.8 Å². The van der Waals surface area contributed by atoms with Crippen molar-refractivity contribution in [2.75, 3.05) is 44.3 Å². The fraction of sp³-hybridized carbons (Fsp3) is 0.609. The van der Waals surface area contributed by atoms with Crippen LogP contribution in [-0.2, 0) is 19.7 Å². The Morgan fingerprint density at radius 1 is 1.00 bits per heavy atom. The zero-order valence-electron chi connectivity index (χ0n) is 17.8. The highest BCUT2D eigenvalue weighted by Crippen LogP contribution is 2.47. The first-order valence-corrected chi connectivity index (χ1v) is 11.3. The maximum absolute atomic E-state index is 13.1. The van der Waals surface area contributed by atoms with Crippen LogP contribution in [-0.4, -0.2) is 72.6 Å². The largest absolute Gasteiger partial charge is 0.379 e. The van der Waals surface area contributed by atoms with Gasteiger partial charge >= 0.3 is 6.03 Å². The van der Waals surface area contributed by atoms with Crippen molar-refractivity contribution in [3.63, 3.8) is 0 Å². The Bertz CT molecular complexity index is 891. The number of nitrogens with zero attached hydrogens (tertiary/aromatic N) is 3. The second-order valence-corrected chi connectivity index (χ2v) is 9.29. The predicted molar refractivity (Wildman–Crippen MR) is 115 cm³/mol. The first-order chi connectivity index (χ1) is 15.0. The molecule has 0 radical (unpaired) electrons. The van der Waals surface area contributed by atoms with E-state index < -0.39 is 23.4 Å². The van der Waals surface area contributed by atoms with E-state index in [2.05, 4.69) is 17.0 Å². The molecule has 166 valence electrons. The number of carbonyl (C=O) groups excluding carboxylic acids is 3. The average molecular weight is 427 g/mol. The lowest BCUT2D eigenvalue weighted by atomic mass is 9.62. The molecule has 1 aromatic rings. The first kappa shape index (κ1) is 20.5. The summed E-state index contributed by atoms with van der Waals surface area (Å²) in [5, 5.41) is 0. The Morgan fingerprint density at radius 2 is 1.71 bits per heavy atom. The first-order valence-electron chi connectivity index (χ1n) is 11.3. The lowest BCUT2D eigenvalue weighted by Gasteiger charge is -2.44. The van der Waals surface area contributed by atoms with Gasteiger partial charge in [-0.15, -0.1) is 0 Å². The number of anilines is 1. The minimum atomic E-state index is -1.51. The van der Waals surface area contributed by atoms with E-state index in [1.165, 1.54) is 16.9 Å². The van der Waals surface area contributed by atoms with Crippen LogP contribution in [0.15, 0.2) is 24.3 Å². The number of nitrogens with two attached hydrogens (primary N) is 1. The van der Waals surface area contributed by atoms with Gasteiger partial charge in [-0.2, -0.15) is 0 Å². The fourth-order valence-electron chi connectivity index (χ4n) is 5.73. The van der Waals surface area contributed by atoms with E-state index in [1.54, 1.807) is 0 Å².